The number of hydrogen-bond donors (Lipinski definition) is 1. The van der Waals surface area contributed by atoms with Crippen molar-refractivity contribution in [3.05, 3.63) is 0 Å². The summed E-state index contributed by atoms with van der Waals surface area (Å²) in [4.78, 5) is 10.6. The third kappa shape index (κ3) is 0.602. The lowest BCUT2D eigenvalue weighted by Crippen LogP contribution is -2.55. The number of carbonyl (C=O) groups is 1. The zero-order valence-corrected chi connectivity index (χ0v) is 5.27. The lowest BCUT2D eigenvalue weighted by atomic mass is 9.90. The molecule has 0 aromatic carbocycles. The van der Waals surface area contributed by atoms with Crippen LogP contribution in [0.3, 0.4) is 0 Å². The van der Waals surface area contributed by atoms with E-state index in [2.05, 4.69) is 5.32 Å². The second-order valence-corrected chi connectivity index (χ2v) is 2.31. The van der Waals surface area contributed by atoms with Gasteiger partial charge >= 0.3 is 0 Å². The lowest BCUT2D eigenvalue weighted by Gasteiger charge is -2.33. The molecule has 0 aromatic rings. The van der Waals surface area contributed by atoms with E-state index in [4.69, 9.17) is 0 Å². The Morgan fingerprint density at radius 3 is 2.50 bits per heavy atom. The van der Waals surface area contributed by atoms with Gasteiger partial charge in [-0.15, -0.1) is 0 Å². The molecule has 1 fully saturated rings. The maximum absolute atomic E-state index is 10.6. The minimum atomic E-state index is 0.222. The fraction of sp³-hybridized carbons (Fsp3) is 0.833. The largest absolute Gasteiger partial charge is 0.353 e. The minimum absolute atomic E-state index is 0.222. The summed E-state index contributed by atoms with van der Waals surface area (Å²) in [5.41, 5.74) is 0. The van der Waals surface area contributed by atoms with Crippen molar-refractivity contribution < 1.29 is 4.79 Å². The maximum atomic E-state index is 10.6. The lowest BCUT2D eigenvalue weighted by molar-refractivity contribution is -0.134. The standard InChI is InChI=1S/C6H11NO/c1-3-5-4(2)7-6(5)8/h4-5H,3H2,1-2H3,(H,7,8). The fourth-order valence-electron chi connectivity index (χ4n) is 1.10. The molecule has 1 rings (SSSR count). The average Bonchev–Trinajstić information content (AvgIpc) is 1.67. The monoisotopic (exact) mass is 113 g/mol. The summed E-state index contributed by atoms with van der Waals surface area (Å²) < 4.78 is 0. The predicted octanol–water partition coefficient (Wildman–Crippen LogP) is 0.531. The molecule has 0 radical (unpaired) electrons. The van der Waals surface area contributed by atoms with Gasteiger partial charge in [0.1, 0.15) is 0 Å². The third-order valence-corrected chi connectivity index (χ3v) is 1.75. The Balaban J connectivity index is 2.40. The summed E-state index contributed by atoms with van der Waals surface area (Å²) >= 11 is 0. The van der Waals surface area contributed by atoms with Gasteiger partial charge in [0, 0.05) is 6.04 Å². The summed E-state index contributed by atoms with van der Waals surface area (Å²) in [6, 6.07) is 0.424. The molecule has 1 aliphatic rings. The number of β-lactam (4-membered cyclic amide) rings is 1. The SMILES string of the molecule is CCC1C(=O)NC1C. The zero-order valence-electron chi connectivity index (χ0n) is 5.27. The highest BCUT2D eigenvalue weighted by molar-refractivity contribution is 5.85. The molecule has 46 valence electrons. The zero-order chi connectivity index (χ0) is 6.15. The Bertz CT molecular complexity index is 111. The number of amides is 1. The molecule has 1 heterocycles. The first-order valence-corrected chi connectivity index (χ1v) is 3.06. The van der Waals surface area contributed by atoms with E-state index >= 15 is 0 Å². The highest BCUT2D eigenvalue weighted by Gasteiger charge is 2.33. The first-order chi connectivity index (χ1) is 3.75. The molecule has 0 aromatic heterocycles. The van der Waals surface area contributed by atoms with E-state index in [9.17, 15) is 4.79 Å². The van der Waals surface area contributed by atoms with Gasteiger partial charge in [-0.1, -0.05) is 6.92 Å². The van der Waals surface area contributed by atoms with E-state index in [-0.39, 0.29) is 5.91 Å². The second kappa shape index (κ2) is 1.77. The van der Waals surface area contributed by atoms with Crippen molar-refractivity contribution in [2.45, 2.75) is 26.3 Å². The van der Waals surface area contributed by atoms with Gasteiger partial charge in [-0.2, -0.15) is 0 Å². The molecule has 2 heteroatoms. The average molecular weight is 113 g/mol. The smallest absolute Gasteiger partial charge is 0.225 e. The molecule has 0 bridgehead atoms. The quantitative estimate of drug-likeness (QED) is 0.494. The molecular formula is C6H11NO. The van der Waals surface area contributed by atoms with Crippen molar-refractivity contribution in [2.24, 2.45) is 5.92 Å². The number of carbonyl (C=O) groups excluding carboxylic acids is 1. The van der Waals surface area contributed by atoms with Crippen molar-refractivity contribution in [2.75, 3.05) is 0 Å². The molecule has 2 atom stereocenters. The first kappa shape index (κ1) is 5.60. The van der Waals surface area contributed by atoms with E-state index < -0.39 is 0 Å². The second-order valence-electron chi connectivity index (χ2n) is 2.31. The van der Waals surface area contributed by atoms with E-state index in [1.54, 1.807) is 0 Å². The molecular weight excluding hydrogens is 102 g/mol. The predicted molar refractivity (Wildman–Crippen MR) is 31.4 cm³/mol. The topological polar surface area (TPSA) is 29.1 Å². The van der Waals surface area contributed by atoms with Crippen LogP contribution in [0.1, 0.15) is 20.3 Å². The Morgan fingerprint density at radius 1 is 1.75 bits per heavy atom. The van der Waals surface area contributed by atoms with Crippen molar-refractivity contribution in [1.82, 2.24) is 5.32 Å². The van der Waals surface area contributed by atoms with Crippen LogP contribution in [0.25, 0.3) is 0 Å². The molecule has 0 saturated carbocycles. The van der Waals surface area contributed by atoms with Crippen LogP contribution in [-0.4, -0.2) is 11.9 Å². The molecule has 2 nitrogen and oxygen atoms in total. The van der Waals surface area contributed by atoms with Crippen LogP contribution >= 0.6 is 0 Å². The van der Waals surface area contributed by atoms with Gasteiger partial charge in [0.05, 0.1) is 5.92 Å². The van der Waals surface area contributed by atoms with Gasteiger partial charge in [0.2, 0.25) is 5.91 Å². The Labute approximate surface area is 49.3 Å². The maximum Gasteiger partial charge on any atom is 0.225 e. The Kier molecular flexibility index (Phi) is 1.24. The highest BCUT2D eigenvalue weighted by Crippen LogP contribution is 2.16. The Morgan fingerprint density at radius 2 is 2.38 bits per heavy atom. The van der Waals surface area contributed by atoms with Gasteiger partial charge in [0.25, 0.3) is 0 Å². The van der Waals surface area contributed by atoms with Crippen molar-refractivity contribution in [1.29, 1.82) is 0 Å². The third-order valence-electron chi connectivity index (χ3n) is 1.75. The van der Waals surface area contributed by atoms with Crippen LogP contribution < -0.4 is 5.32 Å². The highest BCUT2D eigenvalue weighted by atomic mass is 16.2. The summed E-state index contributed by atoms with van der Waals surface area (Å²) in [5, 5.41) is 2.77. The molecule has 1 amide bonds. The first-order valence-electron chi connectivity index (χ1n) is 3.06. The van der Waals surface area contributed by atoms with Gasteiger partial charge in [0.15, 0.2) is 0 Å². The molecule has 0 spiro atoms. The van der Waals surface area contributed by atoms with E-state index in [0.717, 1.165) is 6.42 Å². The minimum Gasteiger partial charge on any atom is -0.353 e. The van der Waals surface area contributed by atoms with Gasteiger partial charge < -0.3 is 5.32 Å². The Hall–Kier alpha value is -0.530. The van der Waals surface area contributed by atoms with Gasteiger partial charge in [-0.25, -0.2) is 0 Å². The van der Waals surface area contributed by atoms with E-state index in [1.165, 1.54) is 0 Å². The van der Waals surface area contributed by atoms with Crippen molar-refractivity contribution >= 4 is 5.91 Å². The molecule has 1 N–H and O–H groups in total. The van der Waals surface area contributed by atoms with Crippen molar-refractivity contribution in [3.8, 4) is 0 Å². The molecule has 2 unspecified atom stereocenters. The van der Waals surface area contributed by atoms with Crippen LogP contribution in [0.15, 0.2) is 0 Å². The summed E-state index contributed by atoms with van der Waals surface area (Å²) in [7, 11) is 0. The van der Waals surface area contributed by atoms with Gasteiger partial charge in [-0.3, -0.25) is 4.79 Å². The van der Waals surface area contributed by atoms with Crippen molar-refractivity contribution in [3.63, 3.8) is 0 Å². The number of rotatable bonds is 1. The molecule has 1 aliphatic heterocycles. The van der Waals surface area contributed by atoms with Crippen LogP contribution in [0.4, 0.5) is 0 Å². The normalized spacial score (nSPS) is 36.0. The van der Waals surface area contributed by atoms with Crippen LogP contribution in [0, 0.1) is 5.92 Å². The van der Waals surface area contributed by atoms with Crippen LogP contribution in [0.5, 0.6) is 0 Å². The summed E-state index contributed by atoms with van der Waals surface area (Å²) in [6.07, 6.45) is 0.979. The fourth-order valence-corrected chi connectivity index (χ4v) is 1.10. The van der Waals surface area contributed by atoms with Crippen LogP contribution in [0.2, 0.25) is 0 Å². The van der Waals surface area contributed by atoms with Gasteiger partial charge in [-0.05, 0) is 13.3 Å². The molecule has 8 heavy (non-hydrogen) atoms. The molecule has 1 saturated heterocycles. The van der Waals surface area contributed by atoms with E-state index in [1.807, 2.05) is 13.8 Å². The molecule has 0 aliphatic carbocycles. The summed E-state index contributed by atoms with van der Waals surface area (Å²) in [6.45, 7) is 4.08. The van der Waals surface area contributed by atoms with E-state index in [0.29, 0.717) is 12.0 Å². The number of hydrogen-bond acceptors (Lipinski definition) is 1. The van der Waals surface area contributed by atoms with Crippen LogP contribution in [-0.2, 0) is 4.79 Å². The number of nitrogens with one attached hydrogen (secondary N) is 1. The summed E-state index contributed by atoms with van der Waals surface area (Å²) in [5.74, 6) is 0.523.